The molecule has 0 aromatic rings. The smallest absolute Gasteiger partial charge is 0.326 e. The Morgan fingerprint density at radius 1 is 1.33 bits per heavy atom. The number of carboxylic acids is 1. The minimum Gasteiger partial charge on any atom is -0.480 e. The number of urea groups is 1. The highest BCUT2D eigenvalue weighted by Gasteiger charge is 2.18. The number of aliphatic hydroxyl groups excluding tert-OH is 1. The normalized spacial score (nSPS) is 15.5. The van der Waals surface area contributed by atoms with Gasteiger partial charge in [-0.2, -0.15) is 0 Å². The summed E-state index contributed by atoms with van der Waals surface area (Å²) in [6.07, 6.45) is 2.10. The molecule has 3 atom stereocenters. The standard InChI is InChI=1S/C10H20N2O5S/c1-7(18(2)17)3-5-11-10(16)12-8(4-6-13)9(14)15/h7-8,13H,3-6H2,1-2H3,(H,14,15)(H2,11,12,16). The van der Waals surface area contributed by atoms with E-state index < -0.39 is 28.8 Å². The number of amides is 2. The predicted octanol–water partition coefficient (Wildman–Crippen LogP) is -0.722. The maximum absolute atomic E-state index is 11.3. The van der Waals surface area contributed by atoms with E-state index in [1.165, 1.54) is 0 Å². The lowest BCUT2D eigenvalue weighted by atomic mass is 10.2. The van der Waals surface area contributed by atoms with Crippen LogP contribution in [0.25, 0.3) is 0 Å². The molecular weight excluding hydrogens is 260 g/mol. The van der Waals surface area contributed by atoms with Gasteiger partial charge in [0.2, 0.25) is 0 Å². The van der Waals surface area contributed by atoms with Crippen LogP contribution in [0, 0.1) is 0 Å². The van der Waals surface area contributed by atoms with Crippen molar-refractivity contribution in [3.05, 3.63) is 0 Å². The van der Waals surface area contributed by atoms with Crippen LogP contribution in [0.15, 0.2) is 0 Å². The van der Waals surface area contributed by atoms with Gasteiger partial charge < -0.3 is 20.8 Å². The number of carbonyl (C=O) groups excluding carboxylic acids is 1. The van der Waals surface area contributed by atoms with Crippen LogP contribution in [0.3, 0.4) is 0 Å². The summed E-state index contributed by atoms with van der Waals surface area (Å²) in [6.45, 7) is 1.81. The van der Waals surface area contributed by atoms with Gasteiger partial charge in [-0.05, 0) is 6.42 Å². The van der Waals surface area contributed by atoms with Gasteiger partial charge in [-0.25, -0.2) is 9.59 Å². The number of aliphatic carboxylic acids is 1. The molecule has 0 fully saturated rings. The van der Waals surface area contributed by atoms with E-state index >= 15 is 0 Å². The second-order valence-corrected chi connectivity index (χ2v) is 5.70. The summed E-state index contributed by atoms with van der Waals surface area (Å²) in [6, 6.07) is -1.71. The van der Waals surface area contributed by atoms with Crippen molar-refractivity contribution in [3.63, 3.8) is 0 Å². The van der Waals surface area contributed by atoms with Crippen LogP contribution in [0.1, 0.15) is 19.8 Å². The summed E-state index contributed by atoms with van der Waals surface area (Å²) in [7, 11) is -0.945. The van der Waals surface area contributed by atoms with Crippen molar-refractivity contribution in [2.75, 3.05) is 19.4 Å². The molecule has 8 heteroatoms. The quantitative estimate of drug-likeness (QED) is 0.468. The van der Waals surface area contributed by atoms with E-state index in [4.69, 9.17) is 10.2 Å². The molecule has 0 aliphatic carbocycles. The van der Waals surface area contributed by atoms with Crippen LogP contribution in [0.5, 0.6) is 0 Å². The Morgan fingerprint density at radius 2 is 1.94 bits per heavy atom. The molecule has 0 heterocycles. The van der Waals surface area contributed by atoms with Crippen molar-refractivity contribution in [2.24, 2.45) is 0 Å². The zero-order valence-corrected chi connectivity index (χ0v) is 11.3. The maximum atomic E-state index is 11.3. The molecule has 0 bridgehead atoms. The van der Waals surface area contributed by atoms with Gasteiger partial charge in [-0.1, -0.05) is 6.92 Å². The second kappa shape index (κ2) is 8.87. The SMILES string of the molecule is CC(CCNC(=O)NC(CCO)C(=O)O)S(C)=O. The first-order valence-electron chi connectivity index (χ1n) is 5.58. The van der Waals surface area contributed by atoms with E-state index in [0.717, 1.165) is 0 Å². The average Bonchev–Trinajstić information content (AvgIpc) is 2.27. The Kier molecular flexibility index (Phi) is 8.30. The third kappa shape index (κ3) is 7.23. The molecule has 0 aromatic carbocycles. The molecule has 4 N–H and O–H groups in total. The largest absolute Gasteiger partial charge is 0.480 e. The van der Waals surface area contributed by atoms with E-state index in [9.17, 15) is 13.8 Å². The average molecular weight is 280 g/mol. The van der Waals surface area contributed by atoms with Gasteiger partial charge in [0.15, 0.2) is 0 Å². The lowest BCUT2D eigenvalue weighted by Crippen LogP contribution is -2.46. The van der Waals surface area contributed by atoms with E-state index in [0.29, 0.717) is 13.0 Å². The number of carboxylic acid groups (broad SMARTS) is 1. The Balaban J connectivity index is 3.95. The summed E-state index contributed by atoms with van der Waals surface area (Å²) in [4.78, 5) is 22.0. The fourth-order valence-electron chi connectivity index (χ4n) is 1.15. The molecule has 3 unspecified atom stereocenters. The van der Waals surface area contributed by atoms with Crippen molar-refractivity contribution in [1.29, 1.82) is 0 Å². The molecular formula is C10H20N2O5S. The third-order valence-corrected chi connectivity index (χ3v) is 3.79. The first-order valence-corrected chi connectivity index (χ1v) is 7.20. The monoisotopic (exact) mass is 280 g/mol. The van der Waals surface area contributed by atoms with Crippen LogP contribution < -0.4 is 10.6 Å². The minimum absolute atomic E-state index is 0.0296. The van der Waals surface area contributed by atoms with Crippen molar-refractivity contribution in [3.8, 4) is 0 Å². The molecule has 0 saturated heterocycles. The third-order valence-electron chi connectivity index (χ3n) is 2.42. The summed E-state index contributed by atoms with van der Waals surface area (Å²) >= 11 is 0. The number of aliphatic hydroxyl groups is 1. The van der Waals surface area contributed by atoms with Gasteiger partial charge in [0, 0.05) is 41.9 Å². The molecule has 18 heavy (non-hydrogen) atoms. The van der Waals surface area contributed by atoms with Crippen LogP contribution >= 0.6 is 0 Å². The Bertz CT molecular complexity index is 311. The highest BCUT2D eigenvalue weighted by atomic mass is 32.2. The predicted molar refractivity (Wildman–Crippen MR) is 67.8 cm³/mol. The fraction of sp³-hybridized carbons (Fsp3) is 0.800. The molecule has 0 aromatic heterocycles. The summed E-state index contributed by atoms with van der Waals surface area (Å²) in [5, 5.41) is 22.1. The molecule has 0 radical (unpaired) electrons. The Labute approximate surface area is 108 Å². The molecule has 0 rings (SSSR count). The van der Waals surface area contributed by atoms with Crippen molar-refractivity contribution in [2.45, 2.75) is 31.1 Å². The molecule has 106 valence electrons. The molecule has 0 saturated carbocycles. The summed E-state index contributed by atoms with van der Waals surface area (Å²) in [5.41, 5.74) is 0. The van der Waals surface area contributed by atoms with E-state index in [1.807, 2.05) is 6.92 Å². The van der Waals surface area contributed by atoms with Gasteiger partial charge in [0.05, 0.1) is 0 Å². The van der Waals surface area contributed by atoms with Crippen LogP contribution in [0.2, 0.25) is 0 Å². The molecule has 7 nitrogen and oxygen atoms in total. The number of rotatable bonds is 8. The molecule has 0 aliphatic heterocycles. The highest BCUT2D eigenvalue weighted by molar-refractivity contribution is 7.84. The van der Waals surface area contributed by atoms with E-state index in [2.05, 4.69) is 10.6 Å². The van der Waals surface area contributed by atoms with Gasteiger partial charge in [-0.15, -0.1) is 0 Å². The van der Waals surface area contributed by atoms with Gasteiger partial charge in [-0.3, -0.25) is 4.21 Å². The topological polar surface area (TPSA) is 116 Å². The summed E-state index contributed by atoms with van der Waals surface area (Å²) < 4.78 is 11.0. The zero-order valence-electron chi connectivity index (χ0n) is 10.5. The zero-order chi connectivity index (χ0) is 14.1. The number of carbonyl (C=O) groups is 2. The molecule has 0 aliphatic rings. The molecule has 0 spiro atoms. The first-order chi connectivity index (χ1) is 8.38. The fourth-order valence-corrected chi connectivity index (χ4v) is 1.60. The van der Waals surface area contributed by atoms with Crippen molar-refractivity contribution >= 4 is 22.8 Å². The highest BCUT2D eigenvalue weighted by Crippen LogP contribution is 1.97. The van der Waals surface area contributed by atoms with Crippen LogP contribution in [-0.2, 0) is 15.6 Å². The van der Waals surface area contributed by atoms with Gasteiger partial charge in [0.1, 0.15) is 6.04 Å². The van der Waals surface area contributed by atoms with Crippen LogP contribution in [-0.4, -0.2) is 57.1 Å². The number of hydrogen-bond acceptors (Lipinski definition) is 4. The molecule has 2 amide bonds. The number of hydrogen-bond donors (Lipinski definition) is 4. The Hall–Kier alpha value is -1.15. The summed E-state index contributed by atoms with van der Waals surface area (Å²) in [5.74, 6) is -1.19. The van der Waals surface area contributed by atoms with Gasteiger partial charge in [0.25, 0.3) is 0 Å². The van der Waals surface area contributed by atoms with Crippen molar-refractivity contribution in [1.82, 2.24) is 10.6 Å². The lowest BCUT2D eigenvalue weighted by molar-refractivity contribution is -0.139. The first kappa shape index (κ1) is 16.9. The van der Waals surface area contributed by atoms with E-state index in [-0.39, 0.29) is 18.3 Å². The lowest BCUT2D eigenvalue weighted by Gasteiger charge is -2.14. The van der Waals surface area contributed by atoms with Crippen molar-refractivity contribution < 1.29 is 24.0 Å². The maximum Gasteiger partial charge on any atom is 0.326 e. The van der Waals surface area contributed by atoms with Crippen LogP contribution in [0.4, 0.5) is 4.79 Å². The van der Waals surface area contributed by atoms with Gasteiger partial charge >= 0.3 is 12.0 Å². The second-order valence-electron chi connectivity index (χ2n) is 3.90. The minimum atomic E-state index is -1.19. The van der Waals surface area contributed by atoms with E-state index in [1.54, 1.807) is 6.26 Å². The Morgan fingerprint density at radius 3 is 2.39 bits per heavy atom. The number of nitrogens with one attached hydrogen (secondary N) is 2.